The van der Waals surface area contributed by atoms with Gasteiger partial charge in [-0.1, -0.05) is 24.3 Å². The molecule has 1 saturated heterocycles. The molecule has 6 rings (SSSR count). The number of aryl methyl sites for hydroxylation is 1. The topological polar surface area (TPSA) is 70.2 Å². The number of piperidine rings is 1. The Morgan fingerprint density at radius 2 is 1.83 bits per heavy atom. The Bertz CT molecular complexity index is 1370. The van der Waals surface area contributed by atoms with E-state index in [4.69, 9.17) is 4.74 Å². The number of nitrogens with one attached hydrogen (secondary N) is 2. The largest absolute Gasteiger partial charge is 0.490 e. The smallest absolute Gasteiger partial charge is 0.251 e. The van der Waals surface area contributed by atoms with Gasteiger partial charge in [0.1, 0.15) is 11.9 Å². The molecule has 0 bridgehead atoms. The van der Waals surface area contributed by atoms with Gasteiger partial charge < -0.3 is 15.0 Å². The van der Waals surface area contributed by atoms with Crippen molar-refractivity contribution in [3.63, 3.8) is 0 Å². The number of fused-ring (bicyclic) bond motifs is 2. The zero-order chi connectivity index (χ0) is 24.5. The highest BCUT2D eigenvalue weighted by molar-refractivity contribution is 6.01. The number of nitrogens with zero attached hydrogens (tertiary/aromatic N) is 2. The Morgan fingerprint density at radius 1 is 1.03 bits per heavy atom. The van der Waals surface area contributed by atoms with E-state index in [-0.39, 0.29) is 18.1 Å². The number of likely N-dealkylation sites (tertiary alicyclic amines) is 1. The molecule has 2 heterocycles. The van der Waals surface area contributed by atoms with Crippen molar-refractivity contribution in [2.24, 2.45) is 0 Å². The van der Waals surface area contributed by atoms with E-state index in [1.165, 1.54) is 11.1 Å². The summed E-state index contributed by atoms with van der Waals surface area (Å²) in [5.74, 6) is 0.841. The predicted molar refractivity (Wildman–Crippen MR) is 142 cm³/mol. The summed E-state index contributed by atoms with van der Waals surface area (Å²) >= 11 is 0. The summed E-state index contributed by atoms with van der Waals surface area (Å²) in [6.07, 6.45) is 5.52. The third-order valence-corrected chi connectivity index (χ3v) is 7.60. The van der Waals surface area contributed by atoms with Crippen LogP contribution < -0.4 is 10.1 Å². The molecule has 1 aliphatic carbocycles. The first-order valence-corrected chi connectivity index (χ1v) is 13.0. The van der Waals surface area contributed by atoms with Crippen molar-refractivity contribution in [3.8, 4) is 17.0 Å². The summed E-state index contributed by atoms with van der Waals surface area (Å²) in [6.45, 7) is 2.15. The predicted octanol–water partition coefficient (Wildman–Crippen LogP) is 5.51. The number of H-pyrrole nitrogens is 1. The van der Waals surface area contributed by atoms with Gasteiger partial charge in [0.15, 0.2) is 0 Å². The van der Waals surface area contributed by atoms with Crippen LogP contribution in [0.15, 0.2) is 66.7 Å². The monoisotopic (exact) mass is 480 g/mol. The molecule has 184 valence electrons. The van der Waals surface area contributed by atoms with Crippen LogP contribution >= 0.6 is 0 Å². The van der Waals surface area contributed by atoms with E-state index >= 15 is 0 Å². The van der Waals surface area contributed by atoms with Crippen molar-refractivity contribution >= 4 is 16.8 Å². The number of benzene rings is 3. The Labute approximate surface area is 211 Å². The van der Waals surface area contributed by atoms with E-state index in [0.717, 1.165) is 73.1 Å². The van der Waals surface area contributed by atoms with Crippen molar-refractivity contribution in [3.05, 3.63) is 83.4 Å². The van der Waals surface area contributed by atoms with E-state index in [2.05, 4.69) is 51.7 Å². The Hall–Kier alpha value is -3.64. The maximum atomic E-state index is 13.2. The number of hydrogen-bond acceptors (Lipinski definition) is 4. The molecule has 1 atom stereocenters. The fourth-order valence-electron chi connectivity index (χ4n) is 5.51. The summed E-state index contributed by atoms with van der Waals surface area (Å²) < 4.78 is 6.20. The van der Waals surface area contributed by atoms with Gasteiger partial charge in [-0.05, 0) is 92.7 Å². The first-order chi connectivity index (χ1) is 17.6. The lowest BCUT2D eigenvalue weighted by Crippen LogP contribution is -2.35. The second kappa shape index (κ2) is 9.78. The van der Waals surface area contributed by atoms with Gasteiger partial charge in [0.25, 0.3) is 5.91 Å². The summed E-state index contributed by atoms with van der Waals surface area (Å²) in [6, 6.07) is 22.4. The van der Waals surface area contributed by atoms with Crippen molar-refractivity contribution < 1.29 is 9.53 Å². The summed E-state index contributed by atoms with van der Waals surface area (Å²) in [5, 5.41) is 11.9. The van der Waals surface area contributed by atoms with Crippen LogP contribution in [0.2, 0.25) is 0 Å². The number of aromatic nitrogens is 2. The number of ether oxygens (including phenoxy) is 1. The molecule has 1 aliphatic heterocycles. The van der Waals surface area contributed by atoms with Gasteiger partial charge in [-0.2, -0.15) is 5.10 Å². The van der Waals surface area contributed by atoms with E-state index in [0.29, 0.717) is 5.56 Å². The molecule has 6 nitrogen and oxygen atoms in total. The molecule has 0 saturated carbocycles. The van der Waals surface area contributed by atoms with Crippen LogP contribution in [0.1, 0.15) is 53.2 Å². The van der Waals surface area contributed by atoms with Gasteiger partial charge in [-0.25, -0.2) is 0 Å². The van der Waals surface area contributed by atoms with Crippen molar-refractivity contribution in [2.45, 2.75) is 44.2 Å². The first-order valence-electron chi connectivity index (χ1n) is 13.0. The molecule has 1 unspecified atom stereocenters. The molecule has 3 aromatic carbocycles. The molecule has 1 fully saturated rings. The highest BCUT2D eigenvalue weighted by Gasteiger charge is 2.23. The minimum absolute atomic E-state index is 0.0485. The molecule has 2 N–H and O–H groups in total. The number of carbonyl (C=O) groups excluding carboxylic acids is 1. The average molecular weight is 481 g/mol. The molecule has 0 radical (unpaired) electrons. The minimum atomic E-state index is -0.0485. The first kappa shape index (κ1) is 22.8. The quantitative estimate of drug-likeness (QED) is 0.395. The van der Waals surface area contributed by atoms with E-state index in [9.17, 15) is 4.79 Å². The van der Waals surface area contributed by atoms with Crippen LogP contribution in [0.5, 0.6) is 5.75 Å². The molecule has 36 heavy (non-hydrogen) atoms. The molecule has 6 heteroatoms. The van der Waals surface area contributed by atoms with Crippen LogP contribution in [0.4, 0.5) is 0 Å². The number of aromatic amines is 1. The van der Waals surface area contributed by atoms with Gasteiger partial charge in [0.2, 0.25) is 0 Å². The highest BCUT2D eigenvalue weighted by Crippen LogP contribution is 2.31. The fraction of sp³-hybridized carbons (Fsp3) is 0.333. The van der Waals surface area contributed by atoms with Crippen molar-refractivity contribution in [1.82, 2.24) is 20.4 Å². The fourth-order valence-corrected chi connectivity index (χ4v) is 5.51. The summed E-state index contributed by atoms with van der Waals surface area (Å²) in [7, 11) is 2.16. The highest BCUT2D eigenvalue weighted by atomic mass is 16.5. The number of rotatable bonds is 5. The lowest BCUT2D eigenvalue weighted by Gasteiger charge is -2.29. The molecular weight excluding hydrogens is 448 g/mol. The van der Waals surface area contributed by atoms with Gasteiger partial charge in [0.05, 0.1) is 17.3 Å². The van der Waals surface area contributed by atoms with Crippen LogP contribution in [-0.4, -0.2) is 47.2 Å². The summed E-state index contributed by atoms with van der Waals surface area (Å²) in [4.78, 5) is 15.6. The lowest BCUT2D eigenvalue weighted by molar-refractivity contribution is 0.0933. The van der Waals surface area contributed by atoms with E-state index in [1.807, 2.05) is 42.5 Å². The van der Waals surface area contributed by atoms with Gasteiger partial charge >= 0.3 is 0 Å². The second-order valence-electron chi connectivity index (χ2n) is 10.1. The third-order valence-electron chi connectivity index (χ3n) is 7.60. The Kier molecular flexibility index (Phi) is 6.20. The van der Waals surface area contributed by atoms with Gasteiger partial charge in [-0.15, -0.1) is 0 Å². The normalized spacial score (nSPS) is 18.6. The minimum Gasteiger partial charge on any atom is -0.490 e. The van der Waals surface area contributed by atoms with Crippen LogP contribution in [0.3, 0.4) is 0 Å². The number of amides is 1. The van der Waals surface area contributed by atoms with Gasteiger partial charge in [0, 0.05) is 29.6 Å². The zero-order valence-electron chi connectivity index (χ0n) is 20.7. The second-order valence-corrected chi connectivity index (χ2v) is 10.1. The average Bonchev–Trinajstić information content (AvgIpc) is 3.34. The standard InChI is InChI=1S/C30H32N4O2/c1-34-17-15-24(16-18-34)36-23-12-9-21(10-13-23)29-26-19-22(11-14-28(26)32-33-29)30(35)31-27-8-4-6-20-5-2-3-7-25(20)27/h2-3,5,7,9-14,19,24,27H,4,6,8,15-18H2,1H3,(H,31,35)(H,32,33). The molecule has 0 spiro atoms. The molecule has 1 aromatic heterocycles. The van der Waals surface area contributed by atoms with Crippen LogP contribution in [0, 0.1) is 0 Å². The van der Waals surface area contributed by atoms with E-state index in [1.54, 1.807) is 0 Å². The van der Waals surface area contributed by atoms with Crippen molar-refractivity contribution in [2.75, 3.05) is 20.1 Å². The molecule has 4 aromatic rings. The van der Waals surface area contributed by atoms with Crippen LogP contribution in [-0.2, 0) is 6.42 Å². The SMILES string of the molecule is CN1CCC(Oc2ccc(-c3n[nH]c4ccc(C(=O)NC5CCCc6ccccc65)cc34)cc2)CC1. The third kappa shape index (κ3) is 4.61. The molecular formula is C30H32N4O2. The molecule has 2 aliphatic rings. The maximum Gasteiger partial charge on any atom is 0.251 e. The Morgan fingerprint density at radius 3 is 2.67 bits per heavy atom. The maximum absolute atomic E-state index is 13.2. The molecule has 1 amide bonds. The van der Waals surface area contributed by atoms with E-state index < -0.39 is 0 Å². The number of carbonyl (C=O) groups is 1. The number of hydrogen-bond donors (Lipinski definition) is 2. The van der Waals surface area contributed by atoms with Gasteiger partial charge in [-0.3, -0.25) is 9.89 Å². The Balaban J connectivity index is 1.20. The van der Waals surface area contributed by atoms with Crippen LogP contribution in [0.25, 0.3) is 22.2 Å². The lowest BCUT2D eigenvalue weighted by atomic mass is 9.87. The van der Waals surface area contributed by atoms with Crippen molar-refractivity contribution in [1.29, 1.82) is 0 Å². The summed E-state index contributed by atoms with van der Waals surface area (Å²) in [5.41, 5.74) is 5.98. The zero-order valence-corrected chi connectivity index (χ0v) is 20.7.